The van der Waals surface area contributed by atoms with Crippen molar-refractivity contribution in [1.82, 2.24) is 29.6 Å². The second-order valence-corrected chi connectivity index (χ2v) is 7.06. The van der Waals surface area contributed by atoms with Gasteiger partial charge in [0.15, 0.2) is 5.65 Å². The lowest BCUT2D eigenvalue weighted by Gasteiger charge is -2.14. The van der Waals surface area contributed by atoms with Gasteiger partial charge in [-0.25, -0.2) is 9.97 Å². The fourth-order valence-corrected chi connectivity index (χ4v) is 3.65. The number of hydrogen-bond donors (Lipinski definition) is 1. The average molecular weight is 366 g/mol. The summed E-state index contributed by atoms with van der Waals surface area (Å²) in [7, 11) is 3.76. The zero-order valence-electron chi connectivity index (χ0n) is 14.5. The van der Waals surface area contributed by atoms with Gasteiger partial charge in [0.2, 0.25) is 0 Å². The number of thiazole rings is 1. The van der Waals surface area contributed by atoms with Crippen LogP contribution < -0.4 is 5.56 Å². The van der Waals surface area contributed by atoms with Crippen molar-refractivity contribution in [3.8, 4) is 10.6 Å². The van der Waals surface area contributed by atoms with E-state index in [0.29, 0.717) is 29.9 Å². The third kappa shape index (κ3) is 3.29. The van der Waals surface area contributed by atoms with Crippen molar-refractivity contribution in [2.75, 3.05) is 7.05 Å². The second-order valence-electron chi connectivity index (χ2n) is 6.20. The summed E-state index contributed by atoms with van der Waals surface area (Å²) in [6.45, 7) is 1.20. The van der Waals surface area contributed by atoms with Gasteiger partial charge < -0.3 is 4.98 Å². The summed E-state index contributed by atoms with van der Waals surface area (Å²) < 4.78 is 1.61. The zero-order chi connectivity index (χ0) is 18.1. The standard InChI is InChI=1S/C18H18N6OS/c1-23(9-13-11-26-18(20-13)12-6-4-3-5-7-12)10-15-21-16-14(17(25)22-15)8-19-24(16)2/h3-8,11H,9-10H2,1-2H3,(H,21,22,25). The van der Waals surface area contributed by atoms with E-state index in [2.05, 4.69) is 37.5 Å². The Labute approximate surface area is 154 Å². The average Bonchev–Trinajstić information content (AvgIpc) is 3.23. The maximum absolute atomic E-state index is 12.1. The Bertz CT molecular complexity index is 1100. The summed E-state index contributed by atoms with van der Waals surface area (Å²) in [5, 5.41) is 7.67. The molecule has 0 atom stereocenters. The Balaban J connectivity index is 1.49. The molecule has 3 heterocycles. The lowest BCUT2D eigenvalue weighted by atomic mass is 10.2. The minimum atomic E-state index is -0.161. The minimum Gasteiger partial charge on any atom is -0.309 e. The quantitative estimate of drug-likeness (QED) is 0.587. The normalized spacial score (nSPS) is 11.5. The monoisotopic (exact) mass is 366 g/mol. The van der Waals surface area contributed by atoms with Gasteiger partial charge >= 0.3 is 0 Å². The summed E-state index contributed by atoms with van der Waals surface area (Å²) in [5.74, 6) is 0.618. The first-order valence-electron chi connectivity index (χ1n) is 8.19. The van der Waals surface area contributed by atoms with E-state index in [9.17, 15) is 4.79 Å². The van der Waals surface area contributed by atoms with Crippen LogP contribution in [0.3, 0.4) is 0 Å². The van der Waals surface area contributed by atoms with Crippen LogP contribution in [0.1, 0.15) is 11.5 Å². The molecule has 0 spiro atoms. The molecule has 7 nitrogen and oxygen atoms in total. The zero-order valence-corrected chi connectivity index (χ0v) is 15.3. The number of nitrogens with one attached hydrogen (secondary N) is 1. The molecule has 0 amide bonds. The van der Waals surface area contributed by atoms with Crippen LogP contribution in [-0.2, 0) is 20.1 Å². The highest BCUT2D eigenvalue weighted by atomic mass is 32.1. The molecule has 0 fully saturated rings. The number of hydrogen-bond acceptors (Lipinski definition) is 6. The first-order valence-corrected chi connectivity index (χ1v) is 9.07. The van der Waals surface area contributed by atoms with Gasteiger partial charge in [-0.05, 0) is 7.05 Å². The molecule has 0 saturated heterocycles. The Morgan fingerprint density at radius 1 is 1.19 bits per heavy atom. The van der Waals surface area contributed by atoms with Crippen LogP contribution in [0.25, 0.3) is 21.6 Å². The number of aromatic amines is 1. The van der Waals surface area contributed by atoms with Gasteiger partial charge in [0.05, 0.1) is 18.4 Å². The van der Waals surface area contributed by atoms with Crippen LogP contribution in [0.4, 0.5) is 0 Å². The summed E-state index contributed by atoms with van der Waals surface area (Å²) in [6.07, 6.45) is 1.54. The second kappa shape index (κ2) is 6.81. The molecule has 3 aromatic heterocycles. The van der Waals surface area contributed by atoms with Crippen LogP contribution >= 0.6 is 11.3 Å². The Morgan fingerprint density at radius 3 is 2.81 bits per heavy atom. The van der Waals surface area contributed by atoms with Gasteiger partial charge in [0, 0.05) is 24.5 Å². The topological polar surface area (TPSA) is 79.7 Å². The van der Waals surface area contributed by atoms with Crippen molar-refractivity contribution >= 4 is 22.4 Å². The predicted octanol–water partition coefficient (Wildman–Crippen LogP) is 2.41. The summed E-state index contributed by atoms with van der Waals surface area (Å²) in [5.41, 5.74) is 2.56. The smallest absolute Gasteiger partial charge is 0.262 e. The van der Waals surface area contributed by atoms with Crippen molar-refractivity contribution < 1.29 is 0 Å². The third-order valence-electron chi connectivity index (χ3n) is 4.07. The van der Waals surface area contributed by atoms with Crippen LogP contribution in [0, 0.1) is 0 Å². The molecular formula is C18H18N6OS. The van der Waals surface area contributed by atoms with Gasteiger partial charge in [0.25, 0.3) is 5.56 Å². The van der Waals surface area contributed by atoms with E-state index in [-0.39, 0.29) is 5.56 Å². The number of benzene rings is 1. The molecule has 0 radical (unpaired) electrons. The van der Waals surface area contributed by atoms with E-state index in [4.69, 9.17) is 4.98 Å². The van der Waals surface area contributed by atoms with Crippen molar-refractivity contribution in [3.63, 3.8) is 0 Å². The summed E-state index contributed by atoms with van der Waals surface area (Å²) in [4.78, 5) is 26.3. The third-order valence-corrected chi connectivity index (χ3v) is 5.02. The SMILES string of the molecule is CN(Cc1csc(-c2ccccc2)n1)Cc1nc2c(cnn2C)c(=O)[nH]1. The molecule has 4 rings (SSSR count). The first kappa shape index (κ1) is 16.6. The van der Waals surface area contributed by atoms with E-state index < -0.39 is 0 Å². The van der Waals surface area contributed by atoms with Gasteiger partial charge in [0.1, 0.15) is 16.2 Å². The van der Waals surface area contributed by atoms with E-state index in [0.717, 1.165) is 16.3 Å². The van der Waals surface area contributed by atoms with Gasteiger partial charge in [-0.1, -0.05) is 30.3 Å². The lowest BCUT2D eigenvalue weighted by Crippen LogP contribution is -2.22. The van der Waals surface area contributed by atoms with Crippen molar-refractivity contribution in [2.24, 2.45) is 7.05 Å². The van der Waals surface area contributed by atoms with Crippen molar-refractivity contribution in [1.29, 1.82) is 0 Å². The fraction of sp³-hybridized carbons (Fsp3) is 0.222. The number of nitrogens with zero attached hydrogens (tertiary/aromatic N) is 5. The molecule has 132 valence electrons. The molecule has 0 aliphatic heterocycles. The van der Waals surface area contributed by atoms with Gasteiger partial charge in [-0.15, -0.1) is 11.3 Å². The maximum atomic E-state index is 12.1. The molecule has 4 aromatic rings. The highest BCUT2D eigenvalue weighted by molar-refractivity contribution is 7.13. The van der Waals surface area contributed by atoms with Crippen molar-refractivity contribution in [3.05, 3.63) is 63.8 Å². The number of fused-ring (bicyclic) bond motifs is 1. The molecule has 1 aromatic carbocycles. The Hall–Kier alpha value is -2.84. The molecule has 0 unspecified atom stereocenters. The van der Waals surface area contributed by atoms with Crippen LogP contribution in [0.5, 0.6) is 0 Å². The maximum Gasteiger partial charge on any atom is 0.262 e. The number of aryl methyl sites for hydroxylation is 1. The van der Waals surface area contributed by atoms with Gasteiger partial charge in [-0.2, -0.15) is 5.10 Å². The van der Waals surface area contributed by atoms with E-state index >= 15 is 0 Å². The number of H-pyrrole nitrogens is 1. The fourth-order valence-electron chi connectivity index (χ4n) is 2.83. The first-order chi connectivity index (χ1) is 12.6. The minimum absolute atomic E-state index is 0.161. The van der Waals surface area contributed by atoms with E-state index in [1.54, 1.807) is 23.1 Å². The van der Waals surface area contributed by atoms with Crippen LogP contribution in [-0.4, -0.2) is 36.7 Å². The Morgan fingerprint density at radius 2 is 2.00 bits per heavy atom. The molecule has 1 N–H and O–H groups in total. The van der Waals surface area contributed by atoms with Crippen LogP contribution in [0.2, 0.25) is 0 Å². The van der Waals surface area contributed by atoms with E-state index in [1.807, 2.05) is 25.2 Å². The number of rotatable bonds is 5. The predicted molar refractivity (Wildman–Crippen MR) is 102 cm³/mol. The van der Waals surface area contributed by atoms with Gasteiger partial charge in [-0.3, -0.25) is 14.4 Å². The molecule has 8 heteroatoms. The summed E-state index contributed by atoms with van der Waals surface area (Å²) >= 11 is 1.64. The highest BCUT2D eigenvalue weighted by Crippen LogP contribution is 2.23. The number of aromatic nitrogens is 5. The lowest BCUT2D eigenvalue weighted by molar-refractivity contribution is 0.307. The molecule has 0 aliphatic carbocycles. The molecule has 0 saturated carbocycles. The molecule has 0 bridgehead atoms. The summed E-state index contributed by atoms with van der Waals surface area (Å²) in [6, 6.07) is 10.1. The van der Waals surface area contributed by atoms with Crippen LogP contribution in [0.15, 0.2) is 46.7 Å². The van der Waals surface area contributed by atoms with Crippen molar-refractivity contribution in [2.45, 2.75) is 13.1 Å². The largest absolute Gasteiger partial charge is 0.309 e. The molecular weight excluding hydrogens is 348 g/mol. The Kier molecular flexibility index (Phi) is 4.36. The molecule has 26 heavy (non-hydrogen) atoms. The highest BCUT2D eigenvalue weighted by Gasteiger charge is 2.11. The molecule has 0 aliphatic rings. The van der Waals surface area contributed by atoms with E-state index in [1.165, 1.54) is 6.20 Å².